The van der Waals surface area contributed by atoms with E-state index in [1.54, 1.807) is 17.7 Å². The van der Waals surface area contributed by atoms with Crippen LogP contribution in [0.3, 0.4) is 0 Å². The van der Waals surface area contributed by atoms with Crippen LogP contribution < -0.4 is 10.2 Å². The highest BCUT2D eigenvalue weighted by atomic mass is 32.1. The molecule has 31 heavy (non-hydrogen) atoms. The average molecular weight is 452 g/mol. The molecule has 3 aromatic heterocycles. The minimum atomic E-state index is -0.146. The third-order valence-electron chi connectivity index (χ3n) is 5.23. The lowest BCUT2D eigenvalue weighted by Crippen LogP contribution is -2.50. The Morgan fingerprint density at radius 3 is 2.65 bits per heavy atom. The Kier molecular flexibility index (Phi) is 5.47. The lowest BCUT2D eigenvalue weighted by Gasteiger charge is -2.35. The maximum absolute atomic E-state index is 12.7. The zero-order valence-electron chi connectivity index (χ0n) is 17.0. The van der Waals surface area contributed by atoms with Gasteiger partial charge in [-0.05, 0) is 12.5 Å². The summed E-state index contributed by atoms with van der Waals surface area (Å²) in [4.78, 5) is 28.0. The Balaban J connectivity index is 1.22. The molecule has 0 aliphatic carbocycles. The second-order valence-electron chi connectivity index (χ2n) is 7.17. The molecule has 0 bridgehead atoms. The van der Waals surface area contributed by atoms with Crippen molar-refractivity contribution in [2.45, 2.75) is 13.3 Å². The molecule has 0 spiro atoms. The number of nitrogens with one attached hydrogen (secondary N) is 1. The fourth-order valence-electron chi connectivity index (χ4n) is 3.58. The summed E-state index contributed by atoms with van der Waals surface area (Å²) in [6.45, 7) is 4.83. The van der Waals surface area contributed by atoms with E-state index in [0.29, 0.717) is 18.2 Å². The zero-order chi connectivity index (χ0) is 21.2. The van der Waals surface area contributed by atoms with Crippen LogP contribution in [0.1, 0.15) is 11.8 Å². The number of benzene rings is 1. The number of urea groups is 1. The Bertz CT molecular complexity index is 1200. The standard InChI is InChI=1S/C21H21N7OS2/c1-2-15-12-16-17(22-13-23-19(16)30-15)27-8-10-28(11-9-27)21(29)24-20-26-25-18(31-20)14-6-4-3-5-7-14/h3-7,12-13H,2,8-11H2,1H3,(H,24,26,29). The monoisotopic (exact) mass is 451 g/mol. The number of rotatable bonds is 4. The van der Waals surface area contributed by atoms with Crippen LogP contribution in [-0.4, -0.2) is 57.3 Å². The highest BCUT2D eigenvalue weighted by Crippen LogP contribution is 2.31. The van der Waals surface area contributed by atoms with Crippen LogP contribution >= 0.6 is 22.7 Å². The molecular formula is C21H21N7OS2. The van der Waals surface area contributed by atoms with Crippen molar-refractivity contribution in [3.63, 3.8) is 0 Å². The number of aromatic nitrogens is 4. The number of hydrogen-bond donors (Lipinski definition) is 1. The summed E-state index contributed by atoms with van der Waals surface area (Å²) >= 11 is 3.09. The number of aryl methyl sites for hydroxylation is 1. The topological polar surface area (TPSA) is 87.1 Å². The molecule has 4 heterocycles. The molecule has 2 amide bonds. The van der Waals surface area contributed by atoms with E-state index in [-0.39, 0.29) is 6.03 Å². The molecule has 158 valence electrons. The van der Waals surface area contributed by atoms with Crippen molar-refractivity contribution in [3.05, 3.63) is 47.6 Å². The normalized spacial score (nSPS) is 14.2. The SMILES string of the molecule is CCc1cc2c(N3CCN(C(=O)Nc4nnc(-c5ccccc5)s4)CC3)ncnc2s1. The maximum atomic E-state index is 12.7. The van der Waals surface area contributed by atoms with Crippen LogP contribution in [0.2, 0.25) is 0 Å². The molecule has 1 aromatic carbocycles. The molecule has 0 atom stereocenters. The summed E-state index contributed by atoms with van der Waals surface area (Å²) in [7, 11) is 0. The number of piperazine rings is 1. The highest BCUT2D eigenvalue weighted by Gasteiger charge is 2.24. The smallest absolute Gasteiger partial charge is 0.323 e. The van der Waals surface area contributed by atoms with Crippen molar-refractivity contribution >= 4 is 49.9 Å². The third kappa shape index (κ3) is 4.08. The Hall–Kier alpha value is -3.11. The molecule has 10 heteroatoms. The van der Waals surface area contributed by atoms with Crippen molar-refractivity contribution < 1.29 is 4.79 Å². The molecule has 4 aromatic rings. The molecule has 0 radical (unpaired) electrons. The predicted octanol–water partition coefficient (Wildman–Crippen LogP) is 4.13. The summed E-state index contributed by atoms with van der Waals surface area (Å²) in [6.07, 6.45) is 2.62. The summed E-state index contributed by atoms with van der Waals surface area (Å²) in [5.41, 5.74) is 0.991. The number of anilines is 2. The Morgan fingerprint density at radius 2 is 1.87 bits per heavy atom. The van der Waals surface area contributed by atoms with E-state index in [1.165, 1.54) is 16.2 Å². The van der Waals surface area contributed by atoms with Gasteiger partial charge in [-0.15, -0.1) is 21.5 Å². The fourth-order valence-corrected chi connectivity index (χ4v) is 5.25. The van der Waals surface area contributed by atoms with Gasteiger partial charge in [0.05, 0.1) is 5.39 Å². The van der Waals surface area contributed by atoms with E-state index < -0.39 is 0 Å². The zero-order valence-corrected chi connectivity index (χ0v) is 18.6. The summed E-state index contributed by atoms with van der Waals surface area (Å²) in [5.74, 6) is 0.956. The second-order valence-corrected chi connectivity index (χ2v) is 9.26. The summed E-state index contributed by atoms with van der Waals surface area (Å²) in [5, 5.41) is 13.6. The minimum Gasteiger partial charge on any atom is -0.352 e. The van der Waals surface area contributed by atoms with Crippen LogP contribution in [0.5, 0.6) is 0 Å². The van der Waals surface area contributed by atoms with Crippen LogP contribution in [0.4, 0.5) is 15.7 Å². The number of nitrogens with zero attached hydrogens (tertiary/aromatic N) is 6. The highest BCUT2D eigenvalue weighted by molar-refractivity contribution is 7.19. The molecular weight excluding hydrogens is 430 g/mol. The molecule has 1 fully saturated rings. The molecule has 5 rings (SSSR count). The molecule has 8 nitrogen and oxygen atoms in total. The quantitative estimate of drug-likeness (QED) is 0.502. The van der Waals surface area contributed by atoms with Gasteiger partial charge in [-0.3, -0.25) is 5.32 Å². The summed E-state index contributed by atoms with van der Waals surface area (Å²) in [6, 6.07) is 11.9. The predicted molar refractivity (Wildman–Crippen MR) is 125 cm³/mol. The number of carbonyl (C=O) groups excluding carboxylic acids is 1. The van der Waals surface area contributed by atoms with Crippen molar-refractivity contribution in [3.8, 4) is 10.6 Å². The number of carbonyl (C=O) groups is 1. The van der Waals surface area contributed by atoms with E-state index in [1.807, 2.05) is 35.2 Å². The van der Waals surface area contributed by atoms with Gasteiger partial charge in [-0.1, -0.05) is 48.6 Å². The van der Waals surface area contributed by atoms with Crippen LogP contribution in [0.25, 0.3) is 20.8 Å². The average Bonchev–Trinajstić information content (AvgIpc) is 3.46. The van der Waals surface area contributed by atoms with Gasteiger partial charge < -0.3 is 9.80 Å². The number of amides is 2. The first-order valence-electron chi connectivity index (χ1n) is 10.1. The lowest BCUT2D eigenvalue weighted by atomic mass is 10.2. The lowest BCUT2D eigenvalue weighted by molar-refractivity contribution is 0.208. The van der Waals surface area contributed by atoms with Gasteiger partial charge in [0, 0.05) is 36.6 Å². The van der Waals surface area contributed by atoms with Gasteiger partial charge in [0.1, 0.15) is 22.0 Å². The largest absolute Gasteiger partial charge is 0.352 e. The van der Waals surface area contributed by atoms with Crippen molar-refractivity contribution in [2.24, 2.45) is 0 Å². The summed E-state index contributed by atoms with van der Waals surface area (Å²) < 4.78 is 0. The maximum Gasteiger partial charge on any atom is 0.323 e. The molecule has 0 unspecified atom stereocenters. The van der Waals surface area contributed by atoms with Crippen LogP contribution in [-0.2, 0) is 6.42 Å². The van der Waals surface area contributed by atoms with Gasteiger partial charge >= 0.3 is 6.03 Å². The molecule has 1 N–H and O–H groups in total. The van der Waals surface area contributed by atoms with Crippen molar-refractivity contribution in [2.75, 3.05) is 36.4 Å². The van der Waals surface area contributed by atoms with E-state index in [2.05, 4.69) is 43.4 Å². The Morgan fingerprint density at radius 1 is 1.06 bits per heavy atom. The van der Waals surface area contributed by atoms with Crippen molar-refractivity contribution in [1.82, 2.24) is 25.1 Å². The third-order valence-corrected chi connectivity index (χ3v) is 7.31. The number of hydrogen-bond acceptors (Lipinski definition) is 8. The minimum absolute atomic E-state index is 0.146. The fraction of sp³-hybridized carbons (Fsp3) is 0.286. The van der Waals surface area contributed by atoms with Gasteiger partial charge in [-0.25, -0.2) is 14.8 Å². The first-order valence-corrected chi connectivity index (χ1v) is 11.8. The second kappa shape index (κ2) is 8.56. The van der Waals surface area contributed by atoms with Crippen LogP contribution in [0.15, 0.2) is 42.7 Å². The van der Waals surface area contributed by atoms with E-state index in [0.717, 1.165) is 46.1 Å². The Labute approximate surface area is 187 Å². The molecule has 1 aliphatic heterocycles. The first-order chi connectivity index (χ1) is 15.2. The van der Waals surface area contributed by atoms with Gasteiger partial charge in [-0.2, -0.15) is 0 Å². The van der Waals surface area contributed by atoms with Crippen molar-refractivity contribution in [1.29, 1.82) is 0 Å². The van der Waals surface area contributed by atoms with E-state index in [4.69, 9.17) is 0 Å². The molecule has 0 saturated carbocycles. The number of fused-ring (bicyclic) bond motifs is 1. The molecule has 1 aliphatic rings. The van der Waals surface area contributed by atoms with Gasteiger partial charge in [0.2, 0.25) is 5.13 Å². The molecule has 1 saturated heterocycles. The number of thiophene rings is 1. The van der Waals surface area contributed by atoms with E-state index in [9.17, 15) is 4.79 Å². The van der Waals surface area contributed by atoms with Crippen LogP contribution in [0, 0.1) is 0 Å². The van der Waals surface area contributed by atoms with Gasteiger partial charge in [0.25, 0.3) is 0 Å². The first kappa shape index (κ1) is 19.8. The van der Waals surface area contributed by atoms with E-state index >= 15 is 0 Å². The van der Waals surface area contributed by atoms with Gasteiger partial charge in [0.15, 0.2) is 0 Å².